The molecule has 0 saturated carbocycles. The molecule has 0 bridgehead atoms. The van der Waals surface area contributed by atoms with Gasteiger partial charge in [-0.25, -0.2) is 0 Å². The second kappa shape index (κ2) is 6.77. The number of aromatic nitrogens is 1. The summed E-state index contributed by atoms with van der Waals surface area (Å²) in [5.41, 5.74) is 1.98. The van der Waals surface area contributed by atoms with E-state index in [4.69, 9.17) is 16.3 Å². The fraction of sp³-hybridized carbons (Fsp3) is 0.250. The average Bonchev–Trinajstić information content (AvgIpc) is 2.56. The standard InChI is InChI=1S/C16H16ClN3O2/c17-13-11-12(19-16(21)14-3-1-2-6-18-14)4-5-15(13)20-7-9-22-10-8-20/h1-6,11H,7-10H2,(H,19,21). The van der Waals surface area contributed by atoms with Gasteiger partial charge in [-0.05, 0) is 30.3 Å². The molecule has 0 radical (unpaired) electrons. The van der Waals surface area contributed by atoms with Crippen molar-refractivity contribution in [1.82, 2.24) is 4.98 Å². The van der Waals surface area contributed by atoms with Gasteiger partial charge in [-0.3, -0.25) is 9.78 Å². The highest BCUT2D eigenvalue weighted by molar-refractivity contribution is 6.33. The molecule has 5 nitrogen and oxygen atoms in total. The van der Waals surface area contributed by atoms with Gasteiger partial charge in [0, 0.05) is 25.0 Å². The summed E-state index contributed by atoms with van der Waals surface area (Å²) in [6.07, 6.45) is 1.59. The van der Waals surface area contributed by atoms with E-state index in [-0.39, 0.29) is 5.91 Å². The second-order valence-corrected chi connectivity index (χ2v) is 5.34. The van der Waals surface area contributed by atoms with Crippen molar-refractivity contribution in [3.05, 3.63) is 53.3 Å². The summed E-state index contributed by atoms with van der Waals surface area (Å²) >= 11 is 6.34. The van der Waals surface area contributed by atoms with Gasteiger partial charge in [0.2, 0.25) is 0 Å². The summed E-state index contributed by atoms with van der Waals surface area (Å²) in [5.74, 6) is -0.254. The number of anilines is 2. The molecule has 1 aromatic heterocycles. The summed E-state index contributed by atoms with van der Waals surface area (Å²) in [5, 5.41) is 3.41. The van der Waals surface area contributed by atoms with Crippen molar-refractivity contribution in [3.63, 3.8) is 0 Å². The van der Waals surface area contributed by atoms with Crippen molar-refractivity contribution in [2.75, 3.05) is 36.5 Å². The number of nitrogens with zero attached hydrogens (tertiary/aromatic N) is 2. The number of ether oxygens (including phenoxy) is 1. The number of pyridine rings is 1. The molecule has 1 amide bonds. The number of halogens is 1. The molecular formula is C16H16ClN3O2. The molecule has 1 N–H and O–H groups in total. The zero-order chi connectivity index (χ0) is 15.4. The molecular weight excluding hydrogens is 302 g/mol. The van der Waals surface area contributed by atoms with E-state index in [0.717, 1.165) is 18.8 Å². The van der Waals surface area contributed by atoms with Gasteiger partial charge in [0.15, 0.2) is 0 Å². The molecule has 1 saturated heterocycles. The Balaban J connectivity index is 1.73. The number of nitrogens with one attached hydrogen (secondary N) is 1. The van der Waals surface area contributed by atoms with E-state index >= 15 is 0 Å². The lowest BCUT2D eigenvalue weighted by atomic mass is 10.2. The van der Waals surface area contributed by atoms with Crippen molar-refractivity contribution < 1.29 is 9.53 Å². The van der Waals surface area contributed by atoms with Crippen LogP contribution < -0.4 is 10.2 Å². The van der Waals surface area contributed by atoms with E-state index in [1.54, 1.807) is 30.5 Å². The minimum Gasteiger partial charge on any atom is -0.378 e. The monoisotopic (exact) mass is 317 g/mol. The maximum absolute atomic E-state index is 12.1. The third-order valence-electron chi connectivity index (χ3n) is 3.45. The zero-order valence-corrected chi connectivity index (χ0v) is 12.7. The predicted octanol–water partition coefficient (Wildman–Crippen LogP) is 2.82. The molecule has 22 heavy (non-hydrogen) atoms. The van der Waals surface area contributed by atoms with Crippen LogP contribution in [0.4, 0.5) is 11.4 Å². The van der Waals surface area contributed by atoms with Gasteiger partial charge >= 0.3 is 0 Å². The fourth-order valence-corrected chi connectivity index (χ4v) is 2.64. The highest BCUT2D eigenvalue weighted by Gasteiger charge is 2.15. The van der Waals surface area contributed by atoms with E-state index < -0.39 is 0 Å². The Hall–Kier alpha value is -2.11. The Labute approximate surface area is 133 Å². The minimum absolute atomic E-state index is 0.254. The molecule has 1 aliphatic heterocycles. The first-order valence-corrected chi connectivity index (χ1v) is 7.46. The SMILES string of the molecule is O=C(Nc1ccc(N2CCOCC2)c(Cl)c1)c1ccccn1. The lowest BCUT2D eigenvalue weighted by Crippen LogP contribution is -2.36. The topological polar surface area (TPSA) is 54.5 Å². The first-order valence-electron chi connectivity index (χ1n) is 7.09. The van der Waals surface area contributed by atoms with Crippen molar-refractivity contribution in [2.45, 2.75) is 0 Å². The highest BCUT2D eigenvalue weighted by Crippen LogP contribution is 2.29. The number of amides is 1. The van der Waals surface area contributed by atoms with Crippen molar-refractivity contribution in [3.8, 4) is 0 Å². The molecule has 2 heterocycles. The largest absolute Gasteiger partial charge is 0.378 e. The van der Waals surface area contributed by atoms with Crippen LogP contribution in [0.15, 0.2) is 42.6 Å². The lowest BCUT2D eigenvalue weighted by molar-refractivity contribution is 0.102. The summed E-state index contributed by atoms with van der Waals surface area (Å²) in [7, 11) is 0. The molecule has 0 atom stereocenters. The Morgan fingerprint density at radius 2 is 2.05 bits per heavy atom. The molecule has 1 aliphatic rings. The molecule has 1 aromatic carbocycles. The number of hydrogen-bond donors (Lipinski definition) is 1. The zero-order valence-electron chi connectivity index (χ0n) is 12.0. The van der Waals surface area contributed by atoms with Crippen molar-refractivity contribution >= 4 is 28.9 Å². The Bertz CT molecular complexity index is 658. The van der Waals surface area contributed by atoms with Crippen LogP contribution in [0.5, 0.6) is 0 Å². The maximum Gasteiger partial charge on any atom is 0.274 e. The van der Waals surface area contributed by atoms with Gasteiger partial charge in [0.1, 0.15) is 5.69 Å². The number of rotatable bonds is 3. The predicted molar refractivity (Wildman–Crippen MR) is 86.7 cm³/mol. The normalized spacial score (nSPS) is 14.7. The van der Waals surface area contributed by atoms with E-state index in [9.17, 15) is 4.79 Å². The van der Waals surface area contributed by atoms with Gasteiger partial charge in [-0.15, -0.1) is 0 Å². The van der Waals surface area contributed by atoms with Gasteiger partial charge in [0.05, 0.1) is 23.9 Å². The molecule has 1 fully saturated rings. The summed E-state index contributed by atoms with van der Waals surface area (Å²) in [4.78, 5) is 18.3. The third-order valence-corrected chi connectivity index (χ3v) is 3.76. The molecule has 0 unspecified atom stereocenters. The van der Waals surface area contributed by atoms with E-state index in [0.29, 0.717) is 29.6 Å². The average molecular weight is 318 g/mol. The number of benzene rings is 1. The molecule has 114 valence electrons. The van der Waals surface area contributed by atoms with E-state index in [1.165, 1.54) is 0 Å². The Kier molecular flexibility index (Phi) is 4.56. The van der Waals surface area contributed by atoms with Gasteiger partial charge in [-0.1, -0.05) is 17.7 Å². The second-order valence-electron chi connectivity index (χ2n) is 4.93. The summed E-state index contributed by atoms with van der Waals surface area (Å²) in [6, 6.07) is 10.7. The molecule has 3 rings (SSSR count). The van der Waals surface area contributed by atoms with Crippen LogP contribution >= 0.6 is 11.6 Å². The van der Waals surface area contributed by atoms with Crippen LogP contribution in [0.25, 0.3) is 0 Å². The Morgan fingerprint density at radius 3 is 2.73 bits per heavy atom. The number of carbonyl (C=O) groups is 1. The van der Waals surface area contributed by atoms with Gasteiger partial charge in [0.25, 0.3) is 5.91 Å². The minimum atomic E-state index is -0.254. The Morgan fingerprint density at radius 1 is 1.23 bits per heavy atom. The van der Waals surface area contributed by atoms with Crippen molar-refractivity contribution in [2.24, 2.45) is 0 Å². The first kappa shape index (κ1) is 14.8. The molecule has 2 aromatic rings. The fourth-order valence-electron chi connectivity index (χ4n) is 2.34. The van der Waals surface area contributed by atoms with E-state index in [1.807, 2.05) is 12.1 Å². The van der Waals surface area contributed by atoms with Crippen LogP contribution in [-0.4, -0.2) is 37.2 Å². The van der Waals surface area contributed by atoms with E-state index in [2.05, 4.69) is 15.2 Å². The summed E-state index contributed by atoms with van der Waals surface area (Å²) < 4.78 is 5.34. The molecule has 6 heteroatoms. The lowest BCUT2D eigenvalue weighted by Gasteiger charge is -2.29. The molecule has 0 spiro atoms. The van der Waals surface area contributed by atoms with Crippen LogP contribution in [0.1, 0.15) is 10.5 Å². The van der Waals surface area contributed by atoms with Crippen molar-refractivity contribution in [1.29, 1.82) is 0 Å². The number of hydrogen-bond acceptors (Lipinski definition) is 4. The third kappa shape index (κ3) is 3.37. The number of morpholine rings is 1. The molecule has 0 aliphatic carbocycles. The van der Waals surface area contributed by atoms with Crippen LogP contribution in [0.2, 0.25) is 5.02 Å². The maximum atomic E-state index is 12.1. The summed E-state index contributed by atoms with van der Waals surface area (Å²) in [6.45, 7) is 3.04. The van der Waals surface area contributed by atoms with Crippen LogP contribution in [0.3, 0.4) is 0 Å². The number of carbonyl (C=O) groups excluding carboxylic acids is 1. The van der Waals surface area contributed by atoms with Gasteiger partial charge in [-0.2, -0.15) is 0 Å². The van der Waals surface area contributed by atoms with Gasteiger partial charge < -0.3 is 15.0 Å². The smallest absolute Gasteiger partial charge is 0.274 e. The highest BCUT2D eigenvalue weighted by atomic mass is 35.5. The van der Waals surface area contributed by atoms with Crippen LogP contribution in [-0.2, 0) is 4.74 Å². The quantitative estimate of drug-likeness (QED) is 0.946. The van der Waals surface area contributed by atoms with Crippen LogP contribution in [0, 0.1) is 0 Å². The first-order chi connectivity index (χ1) is 10.7.